The van der Waals surface area contributed by atoms with E-state index in [1.165, 1.54) is 104 Å². The van der Waals surface area contributed by atoms with Crippen LogP contribution in [0, 0.1) is 0 Å². The maximum absolute atomic E-state index is 2.51. The van der Waals surface area contributed by atoms with Gasteiger partial charge in [0, 0.05) is 42.2 Å². The summed E-state index contributed by atoms with van der Waals surface area (Å²) in [4.78, 5) is 2.47. The van der Waals surface area contributed by atoms with Crippen molar-refractivity contribution in [3.8, 4) is 44.5 Å². The molecule has 12 rings (SSSR count). The Labute approximate surface area is 381 Å². The van der Waals surface area contributed by atoms with Crippen molar-refractivity contribution < 1.29 is 0 Å². The molecule has 9 aromatic carbocycles. The molecule has 0 atom stereocenters. The van der Waals surface area contributed by atoms with Gasteiger partial charge in [0.25, 0.3) is 0 Å². The Morgan fingerprint density at radius 3 is 1.77 bits per heavy atom. The van der Waals surface area contributed by atoms with E-state index in [0.29, 0.717) is 0 Å². The first-order chi connectivity index (χ1) is 30.9. The highest BCUT2D eigenvalue weighted by molar-refractivity contribution is 7.25. The summed E-state index contributed by atoms with van der Waals surface area (Å²) >= 11 is 1.94. The zero-order chi connectivity index (χ0) is 43.5. The summed E-state index contributed by atoms with van der Waals surface area (Å²) in [5.41, 5.74) is 19.5. The lowest BCUT2D eigenvalue weighted by molar-refractivity contribution is 0.403. The summed E-state index contributed by atoms with van der Waals surface area (Å²) in [7, 11) is 0. The van der Waals surface area contributed by atoms with E-state index >= 15 is 0 Å². The van der Waals surface area contributed by atoms with Crippen molar-refractivity contribution in [2.75, 3.05) is 4.90 Å². The Morgan fingerprint density at radius 2 is 0.969 bits per heavy atom. The largest absolute Gasteiger partial charge is 0.309 e. The summed E-state index contributed by atoms with van der Waals surface area (Å²) in [6.07, 6.45) is 1.19. The predicted octanol–water partition coefficient (Wildman–Crippen LogP) is 17.9. The fourth-order valence-corrected chi connectivity index (χ4v) is 12.9. The van der Waals surface area contributed by atoms with E-state index in [2.05, 4.69) is 234 Å². The molecule has 1 aromatic heterocycles. The maximum Gasteiger partial charge on any atom is 0.0540 e. The molecule has 0 bridgehead atoms. The highest BCUT2D eigenvalue weighted by Gasteiger charge is 2.42. The molecule has 2 heteroatoms. The van der Waals surface area contributed by atoms with Crippen molar-refractivity contribution in [2.24, 2.45) is 0 Å². The lowest BCUT2D eigenvalue weighted by Gasteiger charge is -2.29. The number of hydrogen-bond acceptors (Lipinski definition) is 2. The van der Waals surface area contributed by atoms with E-state index < -0.39 is 0 Å². The van der Waals surface area contributed by atoms with Crippen LogP contribution in [0.3, 0.4) is 0 Å². The minimum Gasteiger partial charge on any atom is -0.309 e. The van der Waals surface area contributed by atoms with Gasteiger partial charge in [0.15, 0.2) is 0 Å². The lowest BCUT2D eigenvalue weighted by Crippen LogP contribution is -2.17. The third-order valence-corrected chi connectivity index (χ3v) is 15.8. The molecule has 2 aliphatic rings. The molecule has 1 nitrogen and oxygen atoms in total. The van der Waals surface area contributed by atoms with Crippen molar-refractivity contribution >= 4 is 59.3 Å². The van der Waals surface area contributed by atoms with Crippen molar-refractivity contribution in [1.29, 1.82) is 0 Å². The van der Waals surface area contributed by atoms with Crippen LogP contribution in [0.1, 0.15) is 70.2 Å². The summed E-state index contributed by atoms with van der Waals surface area (Å²) in [6.45, 7) is 14.4. The van der Waals surface area contributed by atoms with Crippen LogP contribution in [0.2, 0.25) is 0 Å². The van der Waals surface area contributed by atoms with E-state index in [4.69, 9.17) is 0 Å². The van der Waals surface area contributed by atoms with E-state index in [1.807, 2.05) is 11.3 Å². The van der Waals surface area contributed by atoms with Gasteiger partial charge in [-0.3, -0.25) is 0 Å². The van der Waals surface area contributed by atoms with Gasteiger partial charge in [0.2, 0.25) is 0 Å². The quantitative estimate of drug-likeness (QED) is 0.161. The number of fused-ring (bicyclic) bond motifs is 8. The third-order valence-electron chi connectivity index (χ3n) is 14.7. The molecule has 0 spiro atoms. The second-order valence-corrected chi connectivity index (χ2v) is 21.1. The van der Waals surface area contributed by atoms with Gasteiger partial charge in [-0.15, -0.1) is 11.3 Å². The molecule has 0 fully saturated rings. The number of nitrogens with zero attached hydrogens (tertiary/aromatic N) is 1. The average molecular weight is 842 g/mol. The number of hydrogen-bond donors (Lipinski definition) is 0. The van der Waals surface area contributed by atoms with Gasteiger partial charge in [-0.25, -0.2) is 0 Å². The summed E-state index contributed by atoms with van der Waals surface area (Å²) in [5.74, 6) is 0. The highest BCUT2D eigenvalue weighted by atomic mass is 32.1. The summed E-state index contributed by atoms with van der Waals surface area (Å²) < 4.78 is 2.74. The summed E-state index contributed by atoms with van der Waals surface area (Å²) in [5, 5.41) is 5.18. The zero-order valence-electron chi connectivity index (χ0n) is 37.5. The van der Waals surface area contributed by atoms with Gasteiger partial charge < -0.3 is 4.90 Å². The van der Waals surface area contributed by atoms with Crippen LogP contribution < -0.4 is 4.90 Å². The third kappa shape index (κ3) is 6.03. The highest BCUT2D eigenvalue weighted by Crippen LogP contribution is 2.53. The molecular formula is C62H51NS. The molecule has 0 N–H and O–H groups in total. The Kier molecular flexibility index (Phi) is 8.59. The number of rotatable bonds is 6. The van der Waals surface area contributed by atoms with E-state index in [1.54, 1.807) is 0 Å². The smallest absolute Gasteiger partial charge is 0.0540 e. The Bertz CT molecular complexity index is 3490. The topological polar surface area (TPSA) is 3.24 Å². The lowest BCUT2D eigenvalue weighted by atomic mass is 9.82. The minimum absolute atomic E-state index is 0.0448. The molecule has 2 aliphatic carbocycles. The van der Waals surface area contributed by atoms with Crippen LogP contribution >= 0.6 is 11.3 Å². The van der Waals surface area contributed by atoms with Gasteiger partial charge >= 0.3 is 0 Å². The molecular weight excluding hydrogens is 791 g/mol. The van der Waals surface area contributed by atoms with Crippen LogP contribution in [-0.2, 0) is 16.2 Å². The SMILES string of the molecule is CC1(C)CC(C)(C)c2cc3c(cc21)sc1cc(-c2ccc4c(N(c5ccc(-c6ccccc6)cc5)c5ccccc5-c5ccc6c(c5)-c5ccccc5C6(C)C)cccc4c2)ccc13. The van der Waals surface area contributed by atoms with Crippen LogP contribution in [0.4, 0.5) is 17.1 Å². The maximum atomic E-state index is 2.51. The Morgan fingerprint density at radius 1 is 0.375 bits per heavy atom. The Balaban J connectivity index is 0.984. The van der Waals surface area contributed by atoms with Crippen molar-refractivity contribution in [3.63, 3.8) is 0 Å². The zero-order valence-corrected chi connectivity index (χ0v) is 38.3. The number of anilines is 3. The molecule has 0 amide bonds. The number of para-hydroxylation sites is 1. The molecule has 0 aliphatic heterocycles. The predicted molar refractivity (Wildman–Crippen MR) is 276 cm³/mol. The second-order valence-electron chi connectivity index (χ2n) is 20.1. The van der Waals surface area contributed by atoms with Crippen LogP contribution in [0.15, 0.2) is 188 Å². The van der Waals surface area contributed by atoms with Crippen molar-refractivity contribution in [1.82, 2.24) is 0 Å². The molecule has 1 heterocycles. The molecule has 0 radical (unpaired) electrons. The first-order valence-electron chi connectivity index (χ1n) is 22.8. The first-order valence-corrected chi connectivity index (χ1v) is 23.6. The fraction of sp³-hybridized carbons (Fsp3) is 0.161. The molecule has 0 unspecified atom stereocenters. The number of benzene rings is 9. The molecule has 64 heavy (non-hydrogen) atoms. The number of thiophene rings is 1. The molecule has 0 saturated carbocycles. The van der Waals surface area contributed by atoms with Crippen molar-refractivity contribution in [2.45, 2.75) is 64.2 Å². The van der Waals surface area contributed by atoms with Gasteiger partial charge in [-0.1, -0.05) is 175 Å². The van der Waals surface area contributed by atoms with E-state index in [9.17, 15) is 0 Å². The van der Waals surface area contributed by atoms with Crippen LogP contribution in [0.25, 0.3) is 75.5 Å². The average Bonchev–Trinajstić information content (AvgIpc) is 3.85. The van der Waals surface area contributed by atoms with Gasteiger partial charge in [0.1, 0.15) is 0 Å². The Hall–Kier alpha value is -6.74. The molecule has 310 valence electrons. The monoisotopic (exact) mass is 841 g/mol. The normalized spacial score (nSPS) is 15.3. The minimum atomic E-state index is -0.0448. The standard InChI is InChI=1S/C62H51NS/c1-60(2)38-61(3,4)55-37-59-51(36-54(55)60)49-31-26-42(35-58(49)64-59)41-25-30-47-43(33-41)17-14-22-57(47)63(45-28-23-40(24-29-45)39-15-8-7-9-16-39)56-21-13-11-18-46(56)44-27-32-53-50(34-44)48-19-10-12-20-52(48)62(53,5)6/h7-37H,38H2,1-6H3. The second kappa shape index (κ2) is 14.1. The summed E-state index contributed by atoms with van der Waals surface area (Å²) in [6, 6.07) is 70.7. The van der Waals surface area contributed by atoms with Gasteiger partial charge in [0.05, 0.1) is 11.4 Å². The molecule has 0 saturated heterocycles. The molecule has 10 aromatic rings. The van der Waals surface area contributed by atoms with E-state index in [0.717, 1.165) is 17.1 Å². The van der Waals surface area contributed by atoms with E-state index in [-0.39, 0.29) is 16.2 Å². The van der Waals surface area contributed by atoms with Crippen LogP contribution in [0.5, 0.6) is 0 Å². The fourth-order valence-electron chi connectivity index (χ4n) is 11.7. The van der Waals surface area contributed by atoms with Crippen molar-refractivity contribution in [3.05, 3.63) is 210 Å². The first kappa shape index (κ1) is 38.9. The van der Waals surface area contributed by atoms with Gasteiger partial charge in [-0.2, -0.15) is 0 Å². The van der Waals surface area contributed by atoms with Crippen LogP contribution in [-0.4, -0.2) is 0 Å². The van der Waals surface area contributed by atoms with Gasteiger partial charge in [-0.05, 0) is 138 Å².